The number of alkyl halides is 6. The van der Waals surface area contributed by atoms with E-state index in [0.717, 1.165) is 24.3 Å². The molecule has 4 rings (SSSR count). The topological polar surface area (TPSA) is 30.2 Å². The van der Waals surface area contributed by atoms with Crippen molar-refractivity contribution >= 4 is 32.7 Å². The van der Waals surface area contributed by atoms with E-state index in [9.17, 15) is 31.1 Å². The standard InChI is InChI=1S/C19H8F6O2/c20-18(21,22)10-3-1-9-2-5-15-16(12(9)7-10)17(26)13-8-11(19(23,24)25)4-6-14(13)27-15/h1-8H. The molecule has 0 N–H and O–H groups in total. The fourth-order valence-corrected chi connectivity index (χ4v) is 3.02. The number of fused-ring (bicyclic) bond motifs is 4. The third-order valence-electron chi connectivity index (χ3n) is 4.31. The summed E-state index contributed by atoms with van der Waals surface area (Å²) in [5, 5.41) is -0.225. The Bertz CT molecular complexity index is 1270. The lowest BCUT2D eigenvalue weighted by Gasteiger charge is -2.11. The first kappa shape index (κ1) is 17.4. The Balaban J connectivity index is 2.15. The fraction of sp³-hybridized carbons (Fsp3) is 0.105. The summed E-state index contributed by atoms with van der Waals surface area (Å²) in [5.41, 5.74) is -2.91. The quantitative estimate of drug-likeness (QED) is 0.208. The molecule has 0 aliphatic heterocycles. The van der Waals surface area contributed by atoms with Crippen LogP contribution < -0.4 is 5.43 Å². The Morgan fingerprint density at radius 2 is 1.19 bits per heavy atom. The zero-order chi connectivity index (χ0) is 19.6. The van der Waals surface area contributed by atoms with E-state index in [1.165, 1.54) is 18.2 Å². The maximum atomic E-state index is 13.0. The van der Waals surface area contributed by atoms with Gasteiger partial charge in [0, 0.05) is 0 Å². The first-order valence-electron chi connectivity index (χ1n) is 7.63. The first-order chi connectivity index (χ1) is 12.6. The van der Waals surface area contributed by atoms with Crippen molar-refractivity contribution in [2.45, 2.75) is 12.4 Å². The molecule has 0 amide bonds. The molecule has 0 saturated carbocycles. The van der Waals surface area contributed by atoms with Crippen LogP contribution in [0.1, 0.15) is 11.1 Å². The smallest absolute Gasteiger partial charge is 0.416 e. The van der Waals surface area contributed by atoms with Crippen molar-refractivity contribution in [2.75, 3.05) is 0 Å². The molecule has 27 heavy (non-hydrogen) atoms. The monoisotopic (exact) mass is 382 g/mol. The van der Waals surface area contributed by atoms with Gasteiger partial charge in [-0.2, -0.15) is 26.3 Å². The lowest BCUT2D eigenvalue weighted by Crippen LogP contribution is -2.09. The molecule has 2 nitrogen and oxygen atoms in total. The van der Waals surface area contributed by atoms with Gasteiger partial charge >= 0.3 is 12.4 Å². The SMILES string of the molecule is O=c1c2cc(C(F)(F)F)ccc2oc2ccc3ccc(C(F)(F)F)cc3c12. The van der Waals surface area contributed by atoms with Crippen LogP contribution in [0.3, 0.4) is 0 Å². The van der Waals surface area contributed by atoms with Crippen LogP contribution in [-0.4, -0.2) is 0 Å². The van der Waals surface area contributed by atoms with Gasteiger partial charge in [0.15, 0.2) is 0 Å². The molecular formula is C19H8F6O2. The second-order valence-corrected chi connectivity index (χ2v) is 6.01. The molecule has 0 saturated heterocycles. The molecule has 0 atom stereocenters. The summed E-state index contributed by atoms with van der Waals surface area (Å²) in [4.78, 5) is 12.8. The predicted octanol–water partition coefficient (Wildman–Crippen LogP) is 6.14. The van der Waals surface area contributed by atoms with Crippen molar-refractivity contribution in [1.82, 2.24) is 0 Å². The first-order valence-corrected chi connectivity index (χ1v) is 7.63. The summed E-state index contributed by atoms with van der Waals surface area (Å²) in [6, 6.07) is 8.21. The molecule has 4 aromatic rings. The van der Waals surface area contributed by atoms with Gasteiger partial charge in [0.05, 0.1) is 21.9 Å². The maximum absolute atomic E-state index is 13.0. The zero-order valence-corrected chi connectivity index (χ0v) is 13.2. The summed E-state index contributed by atoms with van der Waals surface area (Å²) in [7, 11) is 0. The van der Waals surface area contributed by atoms with Gasteiger partial charge in [0.1, 0.15) is 11.2 Å². The van der Waals surface area contributed by atoms with E-state index in [1.54, 1.807) is 0 Å². The number of halogens is 6. The number of hydrogen-bond donors (Lipinski definition) is 0. The molecule has 138 valence electrons. The molecule has 0 aliphatic rings. The Morgan fingerprint density at radius 1 is 0.667 bits per heavy atom. The van der Waals surface area contributed by atoms with Gasteiger partial charge in [-0.3, -0.25) is 4.79 Å². The summed E-state index contributed by atoms with van der Waals surface area (Å²) >= 11 is 0. The molecule has 0 fully saturated rings. The van der Waals surface area contributed by atoms with Crippen molar-refractivity contribution in [3.8, 4) is 0 Å². The van der Waals surface area contributed by atoms with Crippen molar-refractivity contribution in [2.24, 2.45) is 0 Å². The van der Waals surface area contributed by atoms with Gasteiger partial charge in [-0.1, -0.05) is 12.1 Å². The van der Waals surface area contributed by atoms with Crippen LogP contribution in [0, 0.1) is 0 Å². The zero-order valence-electron chi connectivity index (χ0n) is 13.2. The average molecular weight is 382 g/mol. The minimum absolute atomic E-state index is 0.000849. The van der Waals surface area contributed by atoms with Crippen LogP contribution in [0.15, 0.2) is 57.7 Å². The maximum Gasteiger partial charge on any atom is 0.416 e. The van der Waals surface area contributed by atoms with Crippen LogP contribution in [0.4, 0.5) is 26.3 Å². The minimum Gasteiger partial charge on any atom is -0.456 e. The third-order valence-corrected chi connectivity index (χ3v) is 4.31. The largest absolute Gasteiger partial charge is 0.456 e. The van der Waals surface area contributed by atoms with Gasteiger partial charge in [0.2, 0.25) is 5.43 Å². The number of benzene rings is 3. The van der Waals surface area contributed by atoms with E-state index in [2.05, 4.69) is 0 Å². The fourth-order valence-electron chi connectivity index (χ4n) is 3.02. The summed E-state index contributed by atoms with van der Waals surface area (Å²) < 4.78 is 83.4. The Labute approximate surface area is 146 Å². The lowest BCUT2D eigenvalue weighted by atomic mass is 10.0. The molecular weight excluding hydrogens is 374 g/mol. The molecule has 3 aromatic carbocycles. The summed E-state index contributed by atoms with van der Waals surface area (Å²) in [5.74, 6) is 0. The van der Waals surface area contributed by atoms with Crippen molar-refractivity contribution in [3.05, 3.63) is 69.9 Å². The average Bonchev–Trinajstić information content (AvgIpc) is 2.59. The molecule has 1 heterocycles. The lowest BCUT2D eigenvalue weighted by molar-refractivity contribution is -0.138. The van der Waals surface area contributed by atoms with Crippen molar-refractivity contribution < 1.29 is 30.8 Å². The van der Waals surface area contributed by atoms with E-state index >= 15 is 0 Å². The Hall–Kier alpha value is -3.03. The van der Waals surface area contributed by atoms with Crippen LogP contribution in [0.25, 0.3) is 32.7 Å². The third kappa shape index (κ3) is 2.81. The van der Waals surface area contributed by atoms with E-state index in [-0.39, 0.29) is 27.3 Å². The van der Waals surface area contributed by atoms with Crippen LogP contribution in [0.5, 0.6) is 0 Å². The highest BCUT2D eigenvalue weighted by molar-refractivity contribution is 6.08. The van der Waals surface area contributed by atoms with Crippen LogP contribution in [0.2, 0.25) is 0 Å². The molecule has 0 spiro atoms. The van der Waals surface area contributed by atoms with Crippen LogP contribution >= 0.6 is 0 Å². The normalized spacial score (nSPS) is 13.0. The van der Waals surface area contributed by atoms with Gasteiger partial charge in [-0.15, -0.1) is 0 Å². The molecule has 1 aromatic heterocycles. The molecule has 8 heteroatoms. The van der Waals surface area contributed by atoms with E-state index in [4.69, 9.17) is 4.42 Å². The highest BCUT2D eigenvalue weighted by Gasteiger charge is 2.32. The Morgan fingerprint density at radius 3 is 1.81 bits per heavy atom. The second-order valence-electron chi connectivity index (χ2n) is 6.01. The Kier molecular flexibility index (Phi) is 3.53. The summed E-state index contributed by atoms with van der Waals surface area (Å²) in [6.07, 6.45) is -9.30. The molecule has 0 unspecified atom stereocenters. The van der Waals surface area contributed by atoms with Gasteiger partial charge in [0.25, 0.3) is 0 Å². The molecule has 0 bridgehead atoms. The highest BCUT2D eigenvalue weighted by atomic mass is 19.4. The van der Waals surface area contributed by atoms with E-state index in [0.29, 0.717) is 11.5 Å². The minimum atomic E-state index is -4.67. The van der Waals surface area contributed by atoms with Crippen molar-refractivity contribution in [3.63, 3.8) is 0 Å². The van der Waals surface area contributed by atoms with E-state index < -0.39 is 28.9 Å². The number of rotatable bonds is 0. The van der Waals surface area contributed by atoms with Crippen molar-refractivity contribution in [1.29, 1.82) is 0 Å². The van der Waals surface area contributed by atoms with Gasteiger partial charge in [-0.05, 0) is 47.2 Å². The van der Waals surface area contributed by atoms with Crippen LogP contribution in [-0.2, 0) is 12.4 Å². The summed E-state index contributed by atoms with van der Waals surface area (Å²) in [6.45, 7) is 0. The molecule has 0 radical (unpaired) electrons. The molecule has 0 aliphatic carbocycles. The van der Waals surface area contributed by atoms with Gasteiger partial charge < -0.3 is 4.42 Å². The number of hydrogen-bond acceptors (Lipinski definition) is 2. The van der Waals surface area contributed by atoms with Gasteiger partial charge in [-0.25, -0.2) is 0 Å². The highest BCUT2D eigenvalue weighted by Crippen LogP contribution is 2.35. The van der Waals surface area contributed by atoms with E-state index in [1.807, 2.05) is 0 Å². The predicted molar refractivity (Wildman–Crippen MR) is 87.5 cm³/mol. The second kappa shape index (κ2) is 5.48.